The van der Waals surface area contributed by atoms with Crippen molar-refractivity contribution >= 4 is 34.9 Å². The summed E-state index contributed by atoms with van der Waals surface area (Å²) in [7, 11) is 0. The zero-order chi connectivity index (χ0) is 18.0. The normalized spacial score (nSPS) is 17.1. The molecule has 0 saturated heterocycles. The maximum Gasteiger partial charge on any atom is 0.338 e. The van der Waals surface area contributed by atoms with E-state index >= 15 is 0 Å². The van der Waals surface area contributed by atoms with Crippen molar-refractivity contribution in [2.45, 2.75) is 19.9 Å². The summed E-state index contributed by atoms with van der Waals surface area (Å²) in [5.41, 5.74) is 2.00. The molecular formula is C18H17ClN2O3S. The molecule has 0 bridgehead atoms. The van der Waals surface area contributed by atoms with Gasteiger partial charge in [0.15, 0.2) is 5.11 Å². The smallest absolute Gasteiger partial charge is 0.338 e. The number of nitrogens with one attached hydrogen (secondary N) is 2. The van der Waals surface area contributed by atoms with Crippen molar-refractivity contribution in [1.82, 2.24) is 10.6 Å². The molecule has 2 heterocycles. The standard InChI is InChI=1S/C18H17ClN2O3S/c1-3-23-17(22)15-10(2)20-18(25)21-16(15)14-9-8-13(24-14)11-4-6-12(19)7-5-11/h4-9,16H,3H2,1-2H3,(H2,20,21,25)/t16-/m0/s1. The third-order valence-electron chi connectivity index (χ3n) is 3.80. The first-order valence-corrected chi connectivity index (χ1v) is 8.59. The fourth-order valence-electron chi connectivity index (χ4n) is 2.66. The van der Waals surface area contributed by atoms with E-state index in [2.05, 4.69) is 10.6 Å². The van der Waals surface area contributed by atoms with E-state index in [1.165, 1.54) is 0 Å². The molecule has 0 unspecified atom stereocenters. The molecule has 2 aromatic rings. The van der Waals surface area contributed by atoms with Crippen LogP contribution in [-0.4, -0.2) is 17.7 Å². The van der Waals surface area contributed by atoms with Gasteiger partial charge in [-0.25, -0.2) is 4.79 Å². The fourth-order valence-corrected chi connectivity index (χ4v) is 3.06. The van der Waals surface area contributed by atoms with E-state index < -0.39 is 12.0 Å². The number of rotatable bonds is 4. The SMILES string of the molecule is CCOC(=O)C1=C(C)NC(=S)N[C@H]1c1ccc(-c2ccc(Cl)cc2)o1. The molecule has 1 aliphatic heterocycles. The quantitative estimate of drug-likeness (QED) is 0.622. The Morgan fingerprint density at radius 3 is 2.68 bits per heavy atom. The van der Waals surface area contributed by atoms with Crippen LogP contribution in [0.2, 0.25) is 5.02 Å². The summed E-state index contributed by atoms with van der Waals surface area (Å²) < 4.78 is 11.1. The third kappa shape index (κ3) is 3.70. The van der Waals surface area contributed by atoms with Crippen molar-refractivity contribution in [2.75, 3.05) is 6.61 Å². The molecule has 1 aliphatic rings. The lowest BCUT2D eigenvalue weighted by molar-refractivity contribution is -0.139. The number of esters is 1. The van der Waals surface area contributed by atoms with Crippen molar-refractivity contribution in [3.63, 3.8) is 0 Å². The Balaban J connectivity index is 1.96. The van der Waals surface area contributed by atoms with Crippen molar-refractivity contribution in [3.05, 3.63) is 58.5 Å². The lowest BCUT2D eigenvalue weighted by atomic mass is 10.0. The van der Waals surface area contributed by atoms with Gasteiger partial charge in [-0.1, -0.05) is 11.6 Å². The van der Waals surface area contributed by atoms with Gasteiger partial charge in [0.05, 0.1) is 12.2 Å². The zero-order valence-corrected chi connectivity index (χ0v) is 15.3. The van der Waals surface area contributed by atoms with Gasteiger partial charge in [0.25, 0.3) is 0 Å². The second-order valence-electron chi connectivity index (χ2n) is 5.50. The van der Waals surface area contributed by atoms with E-state index in [-0.39, 0.29) is 0 Å². The number of ether oxygens (including phenoxy) is 1. The van der Waals surface area contributed by atoms with E-state index in [0.29, 0.717) is 39.5 Å². The largest absolute Gasteiger partial charge is 0.463 e. The van der Waals surface area contributed by atoms with E-state index in [0.717, 1.165) is 5.56 Å². The number of hydrogen-bond donors (Lipinski definition) is 2. The van der Waals surface area contributed by atoms with Gasteiger partial charge in [0.1, 0.15) is 17.6 Å². The van der Waals surface area contributed by atoms with Gasteiger partial charge in [-0.2, -0.15) is 0 Å². The second-order valence-corrected chi connectivity index (χ2v) is 6.34. The highest BCUT2D eigenvalue weighted by Crippen LogP contribution is 2.32. The molecule has 0 fully saturated rings. The summed E-state index contributed by atoms with van der Waals surface area (Å²) in [5, 5.41) is 7.12. The Bertz CT molecular complexity index is 842. The Kier molecular flexibility index (Phi) is 5.11. The first-order chi connectivity index (χ1) is 12.0. The van der Waals surface area contributed by atoms with Gasteiger partial charge in [0, 0.05) is 16.3 Å². The van der Waals surface area contributed by atoms with Crippen LogP contribution in [0.5, 0.6) is 0 Å². The molecule has 0 radical (unpaired) electrons. The van der Waals surface area contributed by atoms with Crippen molar-refractivity contribution in [2.24, 2.45) is 0 Å². The minimum absolute atomic E-state index is 0.293. The van der Waals surface area contributed by atoms with E-state index in [1.807, 2.05) is 24.3 Å². The summed E-state index contributed by atoms with van der Waals surface area (Å²) in [6.45, 7) is 3.85. The molecule has 0 amide bonds. The monoisotopic (exact) mass is 376 g/mol. The Morgan fingerprint density at radius 2 is 2.00 bits per heavy atom. The van der Waals surface area contributed by atoms with Gasteiger partial charge in [-0.3, -0.25) is 0 Å². The third-order valence-corrected chi connectivity index (χ3v) is 4.28. The average Bonchev–Trinajstić information content (AvgIpc) is 3.04. The predicted octanol–water partition coefficient (Wildman–Crippen LogP) is 3.96. The van der Waals surface area contributed by atoms with Crippen molar-refractivity contribution in [1.29, 1.82) is 0 Å². The summed E-state index contributed by atoms with van der Waals surface area (Å²) in [6, 6.07) is 10.5. The lowest BCUT2D eigenvalue weighted by Gasteiger charge is -2.28. The molecule has 0 saturated carbocycles. The van der Waals surface area contributed by atoms with E-state index in [4.69, 9.17) is 33.0 Å². The molecule has 2 N–H and O–H groups in total. The van der Waals surface area contributed by atoms with Crippen LogP contribution in [-0.2, 0) is 9.53 Å². The number of furan rings is 1. The molecule has 0 spiro atoms. The minimum Gasteiger partial charge on any atom is -0.463 e. The summed E-state index contributed by atoms with van der Waals surface area (Å²) >= 11 is 11.1. The highest BCUT2D eigenvalue weighted by atomic mass is 35.5. The number of halogens is 1. The van der Waals surface area contributed by atoms with Crippen molar-refractivity contribution in [3.8, 4) is 11.3 Å². The van der Waals surface area contributed by atoms with Gasteiger partial charge in [-0.05, 0) is 62.5 Å². The number of carbonyl (C=O) groups excluding carboxylic acids is 1. The van der Waals surface area contributed by atoms with Crippen LogP contribution in [0.1, 0.15) is 25.6 Å². The molecule has 1 aromatic heterocycles. The van der Waals surface area contributed by atoms with Crippen LogP contribution in [0.3, 0.4) is 0 Å². The maximum absolute atomic E-state index is 12.4. The molecule has 7 heteroatoms. The summed E-state index contributed by atoms with van der Waals surface area (Å²) in [6.07, 6.45) is 0. The predicted molar refractivity (Wildman–Crippen MR) is 100 cm³/mol. The molecule has 0 aliphatic carbocycles. The van der Waals surface area contributed by atoms with Crippen LogP contribution < -0.4 is 10.6 Å². The van der Waals surface area contributed by atoms with E-state index in [9.17, 15) is 4.79 Å². The number of hydrogen-bond acceptors (Lipinski definition) is 4. The molecule has 3 rings (SSSR count). The van der Waals surface area contributed by atoms with Crippen LogP contribution in [0.15, 0.2) is 52.1 Å². The van der Waals surface area contributed by atoms with Gasteiger partial charge in [0.2, 0.25) is 0 Å². The molecule has 1 aromatic carbocycles. The molecular weight excluding hydrogens is 360 g/mol. The fraction of sp³-hybridized carbons (Fsp3) is 0.222. The molecule has 25 heavy (non-hydrogen) atoms. The van der Waals surface area contributed by atoms with Crippen LogP contribution >= 0.6 is 23.8 Å². The highest BCUT2D eigenvalue weighted by Gasteiger charge is 2.33. The van der Waals surface area contributed by atoms with Crippen LogP contribution in [0.4, 0.5) is 0 Å². The second kappa shape index (κ2) is 7.29. The van der Waals surface area contributed by atoms with Gasteiger partial charge in [-0.15, -0.1) is 0 Å². The van der Waals surface area contributed by atoms with Crippen LogP contribution in [0, 0.1) is 0 Å². The lowest BCUT2D eigenvalue weighted by Crippen LogP contribution is -2.45. The average molecular weight is 377 g/mol. The number of carbonyl (C=O) groups is 1. The number of benzene rings is 1. The minimum atomic E-state index is -0.506. The van der Waals surface area contributed by atoms with Gasteiger partial charge >= 0.3 is 5.97 Å². The Labute approximate surface area is 156 Å². The maximum atomic E-state index is 12.4. The van der Waals surface area contributed by atoms with Crippen molar-refractivity contribution < 1.29 is 13.9 Å². The van der Waals surface area contributed by atoms with Crippen LogP contribution in [0.25, 0.3) is 11.3 Å². The molecule has 5 nitrogen and oxygen atoms in total. The van der Waals surface area contributed by atoms with E-state index in [1.54, 1.807) is 26.0 Å². The number of thiocarbonyl (C=S) groups is 1. The summed E-state index contributed by atoms with van der Waals surface area (Å²) in [5.74, 6) is 0.854. The Morgan fingerprint density at radius 1 is 1.28 bits per heavy atom. The summed E-state index contributed by atoms with van der Waals surface area (Å²) in [4.78, 5) is 12.4. The molecule has 1 atom stereocenters. The highest BCUT2D eigenvalue weighted by molar-refractivity contribution is 7.80. The topological polar surface area (TPSA) is 63.5 Å². The van der Waals surface area contributed by atoms with Gasteiger partial charge < -0.3 is 19.8 Å². The molecule has 130 valence electrons. The zero-order valence-electron chi connectivity index (χ0n) is 13.8. The first kappa shape index (κ1) is 17.5. The first-order valence-electron chi connectivity index (χ1n) is 7.80. The number of allylic oxidation sites excluding steroid dienone is 1. The Hall–Kier alpha value is -2.31.